The molecule has 9 nitrogen and oxygen atoms in total. The molecule has 0 saturated heterocycles. The van der Waals surface area contributed by atoms with Gasteiger partial charge in [-0.1, -0.05) is 0 Å². The number of aromatic amines is 1. The average Bonchev–Trinajstić information content (AvgIpc) is 2.45. The van der Waals surface area contributed by atoms with Crippen molar-refractivity contribution in [3.63, 3.8) is 0 Å². The fourth-order valence-electron chi connectivity index (χ4n) is 0.729. The van der Waals surface area contributed by atoms with Gasteiger partial charge in [-0.2, -0.15) is 4.98 Å². The summed E-state index contributed by atoms with van der Waals surface area (Å²) in [6.07, 6.45) is 0. The van der Waals surface area contributed by atoms with E-state index in [1.54, 1.807) is 0 Å². The number of hydrogen-bond acceptors (Lipinski definition) is 5. The number of nitrogens with two attached hydrogens (primary N) is 2. The Morgan fingerprint density at radius 3 is 2.57 bits per heavy atom. The van der Waals surface area contributed by atoms with E-state index in [0.717, 1.165) is 0 Å². The summed E-state index contributed by atoms with van der Waals surface area (Å²) in [6.45, 7) is 0. The second-order valence-corrected chi connectivity index (χ2v) is 2.32. The normalized spacial score (nSPS) is 9.79. The zero-order valence-corrected chi connectivity index (χ0v) is 6.85. The number of aromatic carboxylic acids is 1. The molecule has 14 heavy (non-hydrogen) atoms. The molecule has 1 aromatic rings. The molecule has 0 unspecified atom stereocenters. The first-order chi connectivity index (χ1) is 6.43. The van der Waals surface area contributed by atoms with Crippen LogP contribution in [0.5, 0.6) is 5.88 Å². The van der Waals surface area contributed by atoms with Gasteiger partial charge in [0.25, 0.3) is 0 Å². The summed E-state index contributed by atoms with van der Waals surface area (Å²) in [5.41, 5.74) is 4.48. The Kier molecular flexibility index (Phi) is 2.25. The highest BCUT2D eigenvalue weighted by Gasteiger charge is 2.18. The number of rotatable bonds is 2. The molecule has 0 radical (unpaired) electrons. The van der Waals surface area contributed by atoms with Crippen LogP contribution in [0.15, 0.2) is 0 Å². The van der Waals surface area contributed by atoms with E-state index in [1.165, 1.54) is 0 Å². The molecule has 0 aliphatic carbocycles. The Morgan fingerprint density at radius 1 is 1.64 bits per heavy atom. The SMILES string of the molecule is N=C(N)N(N)c1nc(O)c(C(=O)O)[nH]1. The lowest BCUT2D eigenvalue weighted by atomic mass is 10.5. The zero-order valence-electron chi connectivity index (χ0n) is 6.85. The summed E-state index contributed by atoms with van der Waals surface area (Å²) in [5.74, 6) is 2.32. The van der Waals surface area contributed by atoms with Crippen LogP contribution < -0.4 is 16.6 Å². The molecule has 0 spiro atoms. The molecule has 1 heterocycles. The maximum absolute atomic E-state index is 10.5. The molecule has 0 bridgehead atoms. The van der Waals surface area contributed by atoms with Crippen molar-refractivity contribution < 1.29 is 15.0 Å². The highest BCUT2D eigenvalue weighted by molar-refractivity contribution is 5.92. The van der Waals surface area contributed by atoms with Gasteiger partial charge in [-0.3, -0.25) is 5.41 Å². The molecule has 0 fully saturated rings. The van der Waals surface area contributed by atoms with Crippen molar-refractivity contribution in [2.45, 2.75) is 0 Å². The molecule has 0 aliphatic heterocycles. The number of aromatic hydroxyl groups is 1. The van der Waals surface area contributed by atoms with Gasteiger partial charge in [0.1, 0.15) is 0 Å². The molecule has 9 heteroatoms. The van der Waals surface area contributed by atoms with Crippen LogP contribution in [-0.4, -0.2) is 32.1 Å². The number of nitrogens with one attached hydrogen (secondary N) is 2. The van der Waals surface area contributed by atoms with Gasteiger partial charge in [0, 0.05) is 0 Å². The van der Waals surface area contributed by atoms with Gasteiger partial charge in [0.2, 0.25) is 17.8 Å². The van der Waals surface area contributed by atoms with E-state index in [9.17, 15) is 4.79 Å². The highest BCUT2D eigenvalue weighted by atomic mass is 16.4. The molecule has 1 aromatic heterocycles. The number of hydrogen-bond donors (Lipinski definition) is 6. The smallest absolute Gasteiger partial charge is 0.358 e. The van der Waals surface area contributed by atoms with Crippen molar-refractivity contribution in [1.82, 2.24) is 9.97 Å². The molecule has 76 valence electrons. The summed E-state index contributed by atoms with van der Waals surface area (Å²) in [6, 6.07) is 0. The molecule has 0 saturated carbocycles. The minimum atomic E-state index is -1.39. The van der Waals surface area contributed by atoms with Gasteiger partial charge in [0.15, 0.2) is 5.69 Å². The first-order valence-electron chi connectivity index (χ1n) is 3.34. The monoisotopic (exact) mass is 200 g/mol. The van der Waals surface area contributed by atoms with Crippen molar-refractivity contribution >= 4 is 17.9 Å². The van der Waals surface area contributed by atoms with Crippen molar-refractivity contribution in [3.05, 3.63) is 5.69 Å². The number of imidazole rings is 1. The summed E-state index contributed by atoms with van der Waals surface area (Å²) in [7, 11) is 0. The van der Waals surface area contributed by atoms with Crippen molar-refractivity contribution in [2.24, 2.45) is 11.6 Å². The molecule has 0 atom stereocenters. The Labute approximate surface area is 77.4 Å². The van der Waals surface area contributed by atoms with Crippen LogP contribution in [0.1, 0.15) is 10.5 Å². The molecular formula is C5H8N6O3. The van der Waals surface area contributed by atoms with Crippen LogP contribution in [-0.2, 0) is 0 Å². The van der Waals surface area contributed by atoms with Crippen LogP contribution in [0.4, 0.5) is 5.95 Å². The van der Waals surface area contributed by atoms with Gasteiger partial charge in [-0.15, -0.1) is 0 Å². The van der Waals surface area contributed by atoms with E-state index >= 15 is 0 Å². The Morgan fingerprint density at radius 2 is 2.21 bits per heavy atom. The molecule has 0 amide bonds. The number of carbonyl (C=O) groups is 1. The van der Waals surface area contributed by atoms with E-state index in [4.69, 9.17) is 27.2 Å². The summed E-state index contributed by atoms with van der Waals surface area (Å²) in [4.78, 5) is 16.0. The number of aromatic nitrogens is 2. The van der Waals surface area contributed by atoms with Crippen molar-refractivity contribution in [2.75, 3.05) is 5.01 Å². The molecule has 8 N–H and O–H groups in total. The minimum absolute atomic E-state index is 0.229. The molecule has 0 aromatic carbocycles. The van der Waals surface area contributed by atoms with Crippen molar-refractivity contribution in [1.29, 1.82) is 5.41 Å². The minimum Gasteiger partial charge on any atom is -0.492 e. The predicted octanol–water partition coefficient (Wildman–Crippen LogP) is -1.61. The second-order valence-electron chi connectivity index (χ2n) is 2.32. The maximum atomic E-state index is 10.5. The van der Waals surface area contributed by atoms with Gasteiger partial charge in [-0.05, 0) is 0 Å². The number of guanidine groups is 1. The van der Waals surface area contributed by atoms with E-state index in [2.05, 4.69) is 9.97 Å². The molecule has 1 rings (SSSR count). The second kappa shape index (κ2) is 3.22. The lowest BCUT2D eigenvalue weighted by Gasteiger charge is -2.10. The summed E-state index contributed by atoms with van der Waals surface area (Å²) in [5, 5.41) is 25.0. The third-order valence-corrected chi connectivity index (χ3v) is 1.37. The van der Waals surface area contributed by atoms with E-state index in [0.29, 0.717) is 5.01 Å². The third-order valence-electron chi connectivity index (χ3n) is 1.37. The number of hydrazine groups is 1. The van der Waals surface area contributed by atoms with Crippen LogP contribution in [0.25, 0.3) is 0 Å². The number of carboxylic acid groups (broad SMARTS) is 1. The van der Waals surface area contributed by atoms with Gasteiger partial charge < -0.3 is 20.9 Å². The highest BCUT2D eigenvalue weighted by Crippen LogP contribution is 2.17. The maximum Gasteiger partial charge on any atom is 0.358 e. The number of anilines is 1. The predicted molar refractivity (Wildman–Crippen MR) is 45.8 cm³/mol. The lowest BCUT2D eigenvalue weighted by Crippen LogP contribution is -2.42. The molecule has 0 aliphatic rings. The largest absolute Gasteiger partial charge is 0.492 e. The van der Waals surface area contributed by atoms with Crippen LogP contribution >= 0.6 is 0 Å². The Hall–Kier alpha value is -2.29. The molecular weight excluding hydrogens is 192 g/mol. The number of H-pyrrole nitrogens is 1. The van der Waals surface area contributed by atoms with Crippen LogP contribution in [0.2, 0.25) is 0 Å². The van der Waals surface area contributed by atoms with Crippen LogP contribution in [0.3, 0.4) is 0 Å². The van der Waals surface area contributed by atoms with E-state index < -0.39 is 23.5 Å². The van der Waals surface area contributed by atoms with E-state index in [1.807, 2.05) is 0 Å². The van der Waals surface area contributed by atoms with E-state index in [-0.39, 0.29) is 5.95 Å². The Balaban J connectivity index is 3.08. The van der Waals surface area contributed by atoms with Gasteiger partial charge in [-0.25, -0.2) is 15.6 Å². The lowest BCUT2D eigenvalue weighted by molar-refractivity contribution is 0.0687. The fourth-order valence-corrected chi connectivity index (χ4v) is 0.729. The summed E-state index contributed by atoms with van der Waals surface area (Å²) >= 11 is 0. The topological polar surface area (TPSA) is 165 Å². The fraction of sp³-hybridized carbons (Fsp3) is 0. The van der Waals surface area contributed by atoms with Gasteiger partial charge in [0.05, 0.1) is 0 Å². The summed E-state index contributed by atoms with van der Waals surface area (Å²) < 4.78 is 0. The standard InChI is InChI=1S/C5H8N6O3/c6-4(7)11(8)5-9-1(3(13)14)2(12)10-5/h12H,8H2,(H3,6,7)(H,9,10)(H,13,14). The third kappa shape index (κ3) is 1.56. The first-order valence-corrected chi connectivity index (χ1v) is 3.34. The van der Waals surface area contributed by atoms with Crippen LogP contribution in [0, 0.1) is 5.41 Å². The van der Waals surface area contributed by atoms with Gasteiger partial charge >= 0.3 is 5.97 Å². The number of nitrogens with zero attached hydrogens (tertiary/aromatic N) is 2. The zero-order chi connectivity index (χ0) is 10.9. The first kappa shape index (κ1) is 9.80. The van der Waals surface area contributed by atoms with Crippen molar-refractivity contribution in [3.8, 4) is 5.88 Å². The average molecular weight is 200 g/mol. The number of carboxylic acids is 1. The Bertz CT molecular complexity index is 385. The quantitative estimate of drug-likeness (QED) is 0.144.